The van der Waals surface area contributed by atoms with E-state index in [2.05, 4.69) is 36.7 Å². The Labute approximate surface area is 108 Å². The number of hydrogen-bond donors (Lipinski definition) is 0. The van der Waals surface area contributed by atoms with Crippen LogP contribution in [0.15, 0.2) is 49.3 Å². The molecule has 0 bridgehead atoms. The second kappa shape index (κ2) is 5.41. The van der Waals surface area contributed by atoms with Crippen molar-refractivity contribution >= 4 is 17.7 Å². The number of nitrogens with zero attached hydrogens (tertiary/aromatic N) is 2. The van der Waals surface area contributed by atoms with Gasteiger partial charge in [-0.15, -0.1) is 0 Å². The first-order chi connectivity index (χ1) is 8.70. The first kappa shape index (κ1) is 12.2. The molecule has 0 spiro atoms. The first-order valence-electron chi connectivity index (χ1n) is 5.92. The summed E-state index contributed by atoms with van der Waals surface area (Å²) in [7, 11) is 1.99. The maximum Gasteiger partial charge on any atom is 0.287 e. The molecule has 0 saturated carbocycles. The third-order valence-electron chi connectivity index (χ3n) is 2.89. The summed E-state index contributed by atoms with van der Waals surface area (Å²) in [5, 5.41) is 0. The molecule has 0 N–H and O–H groups in total. The second-order valence-electron chi connectivity index (χ2n) is 4.25. The number of rotatable bonds is 3. The minimum atomic E-state index is 0.889. The van der Waals surface area contributed by atoms with Crippen LogP contribution in [0.5, 0.6) is 0 Å². The van der Waals surface area contributed by atoms with Crippen molar-refractivity contribution in [2.24, 2.45) is 7.05 Å². The molecular formula is C16H17N2+. The molecule has 0 fully saturated rings. The van der Waals surface area contributed by atoms with E-state index in [1.54, 1.807) is 12.4 Å². The number of benzene rings is 1. The molecule has 2 heteroatoms. The zero-order valence-electron chi connectivity index (χ0n) is 10.8. The molecule has 90 valence electrons. The van der Waals surface area contributed by atoms with Crippen LogP contribution in [0.2, 0.25) is 0 Å². The molecule has 1 aromatic heterocycles. The fourth-order valence-electron chi connectivity index (χ4n) is 1.77. The Bertz CT molecular complexity index is 583. The Balaban J connectivity index is 2.41. The van der Waals surface area contributed by atoms with Gasteiger partial charge in [-0.3, -0.25) is 0 Å². The topological polar surface area (TPSA) is 16.8 Å². The largest absolute Gasteiger partial charge is 0.287 e. The van der Waals surface area contributed by atoms with Crippen LogP contribution in [0.1, 0.15) is 23.9 Å². The van der Waals surface area contributed by atoms with E-state index in [1.165, 1.54) is 11.1 Å². The van der Waals surface area contributed by atoms with Crippen molar-refractivity contribution in [3.63, 3.8) is 0 Å². The highest BCUT2D eigenvalue weighted by molar-refractivity contribution is 5.78. The quantitative estimate of drug-likeness (QED) is 0.749. The summed E-state index contributed by atoms with van der Waals surface area (Å²) in [6.45, 7) is 5.86. The van der Waals surface area contributed by atoms with Gasteiger partial charge in [-0.05, 0) is 35.2 Å². The normalized spacial score (nSPS) is 11.3. The predicted octanol–water partition coefficient (Wildman–Crippen LogP) is 3.11. The van der Waals surface area contributed by atoms with E-state index in [-0.39, 0.29) is 0 Å². The Morgan fingerprint density at radius 3 is 2.67 bits per heavy atom. The maximum atomic E-state index is 4.25. The number of aryl methyl sites for hydroxylation is 1. The number of allylic oxidation sites excluding steroid dienone is 1. The van der Waals surface area contributed by atoms with Crippen molar-refractivity contribution in [3.05, 3.63) is 66.3 Å². The molecule has 2 nitrogen and oxygen atoms in total. The molecule has 2 aromatic rings. The zero-order chi connectivity index (χ0) is 13.0. The average molecular weight is 237 g/mol. The summed E-state index contributed by atoms with van der Waals surface area (Å²) in [5.41, 5.74) is 4.46. The van der Waals surface area contributed by atoms with Gasteiger partial charge in [-0.25, -0.2) is 4.57 Å². The molecule has 1 aromatic carbocycles. The van der Waals surface area contributed by atoms with Crippen LogP contribution < -0.4 is 4.57 Å². The highest BCUT2D eigenvalue weighted by Gasteiger charge is 2.05. The van der Waals surface area contributed by atoms with Gasteiger partial charge < -0.3 is 0 Å². The number of hydrogen-bond acceptors (Lipinski definition) is 1. The molecule has 0 aliphatic carbocycles. The first-order valence-corrected chi connectivity index (χ1v) is 5.92. The van der Waals surface area contributed by atoms with Gasteiger partial charge in [0.1, 0.15) is 5.69 Å². The van der Waals surface area contributed by atoms with E-state index in [1.807, 2.05) is 35.9 Å². The van der Waals surface area contributed by atoms with Gasteiger partial charge in [0, 0.05) is 6.07 Å². The van der Waals surface area contributed by atoms with Crippen LogP contribution in [0.3, 0.4) is 0 Å². The van der Waals surface area contributed by atoms with Gasteiger partial charge in [-0.1, -0.05) is 36.9 Å². The van der Waals surface area contributed by atoms with Crippen molar-refractivity contribution in [2.75, 3.05) is 0 Å². The zero-order valence-corrected chi connectivity index (χ0v) is 10.8. The molecular weight excluding hydrogens is 220 g/mol. The molecule has 0 atom stereocenters. The van der Waals surface area contributed by atoms with Gasteiger partial charge in [0.2, 0.25) is 0 Å². The van der Waals surface area contributed by atoms with Crippen LogP contribution in [-0.4, -0.2) is 4.98 Å². The van der Waals surface area contributed by atoms with Crippen molar-refractivity contribution in [1.82, 2.24) is 4.98 Å². The van der Waals surface area contributed by atoms with Crippen molar-refractivity contribution in [1.29, 1.82) is 0 Å². The fraction of sp³-hybridized carbons (Fsp3) is 0.125. The van der Waals surface area contributed by atoms with E-state index in [9.17, 15) is 0 Å². The van der Waals surface area contributed by atoms with Crippen molar-refractivity contribution in [2.45, 2.75) is 6.92 Å². The van der Waals surface area contributed by atoms with Gasteiger partial charge in [0.15, 0.2) is 5.69 Å². The summed E-state index contributed by atoms with van der Waals surface area (Å²) in [4.78, 5) is 4.25. The molecule has 0 saturated heterocycles. The molecule has 0 radical (unpaired) electrons. The lowest BCUT2D eigenvalue weighted by molar-refractivity contribution is -0.676. The average Bonchev–Trinajstić information content (AvgIpc) is 2.42. The standard InChI is InChI=1S/C16H17N2/c1-4-15-11-16(18(3)12-17-15)10-13(2)14-8-6-5-7-9-14/h4-12H,1H2,2-3H3/q+1. The molecule has 0 aliphatic rings. The minimum Gasteiger partial charge on any atom is -0.233 e. The Hall–Kier alpha value is -2.22. The van der Waals surface area contributed by atoms with E-state index in [4.69, 9.17) is 0 Å². The van der Waals surface area contributed by atoms with Crippen molar-refractivity contribution in [3.8, 4) is 0 Å². The second-order valence-corrected chi connectivity index (χ2v) is 4.25. The predicted molar refractivity (Wildman–Crippen MR) is 75.5 cm³/mol. The summed E-state index contributed by atoms with van der Waals surface area (Å²) in [6, 6.07) is 12.4. The third-order valence-corrected chi connectivity index (χ3v) is 2.89. The Kier molecular flexibility index (Phi) is 3.68. The lowest BCUT2D eigenvalue weighted by Gasteiger charge is -2.02. The lowest BCUT2D eigenvalue weighted by atomic mass is 10.1. The van der Waals surface area contributed by atoms with Gasteiger partial charge >= 0.3 is 0 Å². The fourth-order valence-corrected chi connectivity index (χ4v) is 1.77. The van der Waals surface area contributed by atoms with Crippen molar-refractivity contribution < 1.29 is 4.57 Å². The maximum absolute atomic E-state index is 4.25. The summed E-state index contributed by atoms with van der Waals surface area (Å²) in [6.07, 6.45) is 5.72. The van der Waals surface area contributed by atoms with Gasteiger partial charge in [0.25, 0.3) is 6.33 Å². The highest BCUT2D eigenvalue weighted by atomic mass is 15.0. The highest BCUT2D eigenvalue weighted by Crippen LogP contribution is 2.15. The molecule has 18 heavy (non-hydrogen) atoms. The molecule has 0 aliphatic heterocycles. The third kappa shape index (κ3) is 2.72. The summed E-state index contributed by atoms with van der Waals surface area (Å²) >= 11 is 0. The van der Waals surface area contributed by atoms with E-state index < -0.39 is 0 Å². The summed E-state index contributed by atoms with van der Waals surface area (Å²) in [5.74, 6) is 0. The SMILES string of the molecule is C=Cc1cc(C=C(C)c2ccccc2)[n+](C)cn1. The van der Waals surface area contributed by atoms with E-state index in [0.717, 1.165) is 11.4 Å². The monoisotopic (exact) mass is 237 g/mol. The Morgan fingerprint density at radius 2 is 2.00 bits per heavy atom. The van der Waals surface area contributed by atoms with Crippen LogP contribution in [-0.2, 0) is 7.05 Å². The Morgan fingerprint density at radius 1 is 1.28 bits per heavy atom. The smallest absolute Gasteiger partial charge is 0.233 e. The number of aromatic nitrogens is 2. The van der Waals surface area contributed by atoms with E-state index in [0.29, 0.717) is 0 Å². The van der Waals surface area contributed by atoms with Gasteiger partial charge in [0.05, 0.1) is 7.05 Å². The molecule has 0 amide bonds. The van der Waals surface area contributed by atoms with Gasteiger partial charge in [-0.2, -0.15) is 0 Å². The van der Waals surface area contributed by atoms with Crippen LogP contribution in [0.25, 0.3) is 17.7 Å². The lowest BCUT2D eigenvalue weighted by Crippen LogP contribution is -2.32. The molecule has 0 unspecified atom stereocenters. The van der Waals surface area contributed by atoms with Crippen LogP contribution >= 0.6 is 0 Å². The molecule has 1 heterocycles. The summed E-state index contributed by atoms with van der Waals surface area (Å²) < 4.78 is 2.00. The van der Waals surface area contributed by atoms with E-state index >= 15 is 0 Å². The molecule has 2 rings (SSSR count). The minimum absolute atomic E-state index is 0.889. The van der Waals surface area contributed by atoms with Crippen LogP contribution in [0.4, 0.5) is 0 Å². The van der Waals surface area contributed by atoms with Crippen LogP contribution in [0, 0.1) is 0 Å².